The fourth-order valence-electron chi connectivity index (χ4n) is 2.47. The minimum absolute atomic E-state index is 0.237. The zero-order valence-electron chi connectivity index (χ0n) is 13.6. The predicted octanol–water partition coefficient (Wildman–Crippen LogP) is 4.35. The second-order valence-corrected chi connectivity index (χ2v) is 5.57. The Balaban J connectivity index is 1.49. The van der Waals surface area contributed by atoms with Gasteiger partial charge < -0.3 is 15.4 Å². The van der Waals surface area contributed by atoms with Gasteiger partial charge in [0, 0.05) is 5.39 Å². The number of fused-ring (bicyclic) bond motifs is 1. The van der Waals surface area contributed by atoms with E-state index in [4.69, 9.17) is 4.74 Å². The van der Waals surface area contributed by atoms with Crippen LogP contribution in [0.4, 0.5) is 10.5 Å². The Morgan fingerprint density at radius 1 is 0.958 bits per heavy atom. The quantitative estimate of drug-likeness (QED) is 0.687. The van der Waals surface area contributed by atoms with E-state index in [0.29, 0.717) is 13.2 Å². The number of hydrogen-bond donors (Lipinski definition) is 2. The molecule has 3 aromatic carbocycles. The maximum absolute atomic E-state index is 12.0. The summed E-state index contributed by atoms with van der Waals surface area (Å²) in [4.78, 5) is 12.0. The van der Waals surface area contributed by atoms with E-state index in [9.17, 15) is 4.79 Å². The van der Waals surface area contributed by atoms with E-state index in [1.807, 2.05) is 73.7 Å². The normalized spacial score (nSPS) is 10.4. The van der Waals surface area contributed by atoms with Crippen molar-refractivity contribution in [2.75, 3.05) is 18.5 Å². The van der Waals surface area contributed by atoms with E-state index >= 15 is 0 Å². The summed E-state index contributed by atoms with van der Waals surface area (Å²) in [5.41, 5.74) is 1.99. The third kappa shape index (κ3) is 4.04. The van der Waals surface area contributed by atoms with Crippen LogP contribution in [0.3, 0.4) is 0 Å². The summed E-state index contributed by atoms with van der Waals surface area (Å²) in [7, 11) is 0. The molecule has 3 rings (SSSR count). The molecule has 122 valence electrons. The number of hydrogen-bond acceptors (Lipinski definition) is 2. The van der Waals surface area contributed by atoms with E-state index in [1.54, 1.807) is 0 Å². The van der Waals surface area contributed by atoms with Crippen LogP contribution in [0, 0.1) is 6.92 Å². The van der Waals surface area contributed by atoms with Gasteiger partial charge in [0.2, 0.25) is 0 Å². The fourth-order valence-corrected chi connectivity index (χ4v) is 2.47. The van der Waals surface area contributed by atoms with E-state index in [0.717, 1.165) is 22.2 Å². The smallest absolute Gasteiger partial charge is 0.319 e. The van der Waals surface area contributed by atoms with Crippen molar-refractivity contribution >= 4 is 22.5 Å². The Morgan fingerprint density at radius 3 is 2.54 bits per heavy atom. The lowest BCUT2D eigenvalue weighted by Gasteiger charge is -2.11. The van der Waals surface area contributed by atoms with Crippen molar-refractivity contribution in [3.63, 3.8) is 0 Å². The van der Waals surface area contributed by atoms with E-state index in [-0.39, 0.29) is 6.03 Å². The molecule has 2 N–H and O–H groups in total. The summed E-state index contributed by atoms with van der Waals surface area (Å²) in [6.07, 6.45) is 0. The third-order valence-corrected chi connectivity index (χ3v) is 3.72. The molecule has 0 aromatic heterocycles. The number of benzene rings is 3. The van der Waals surface area contributed by atoms with Crippen molar-refractivity contribution in [2.45, 2.75) is 6.92 Å². The molecule has 0 saturated carbocycles. The summed E-state index contributed by atoms with van der Waals surface area (Å²) in [5, 5.41) is 7.80. The number of urea groups is 1. The van der Waals surface area contributed by atoms with Gasteiger partial charge in [-0.05, 0) is 30.5 Å². The summed E-state index contributed by atoms with van der Waals surface area (Å²) in [6.45, 7) is 2.89. The highest BCUT2D eigenvalue weighted by atomic mass is 16.5. The Bertz CT molecular complexity index is 823. The lowest BCUT2D eigenvalue weighted by molar-refractivity contribution is 0.247. The maximum Gasteiger partial charge on any atom is 0.319 e. The van der Waals surface area contributed by atoms with Crippen LogP contribution in [-0.4, -0.2) is 19.2 Å². The number of nitrogens with one attached hydrogen (secondary N) is 2. The van der Waals surface area contributed by atoms with Crippen LogP contribution in [-0.2, 0) is 0 Å². The number of aryl methyl sites for hydroxylation is 1. The first-order chi connectivity index (χ1) is 11.7. The van der Waals surface area contributed by atoms with Gasteiger partial charge in [0.05, 0.1) is 12.2 Å². The first kappa shape index (κ1) is 15.9. The van der Waals surface area contributed by atoms with Gasteiger partial charge in [-0.2, -0.15) is 0 Å². The number of amides is 2. The van der Waals surface area contributed by atoms with E-state index < -0.39 is 0 Å². The summed E-state index contributed by atoms with van der Waals surface area (Å²) >= 11 is 0. The molecular formula is C20H20N2O2. The molecule has 0 atom stereocenters. The largest absolute Gasteiger partial charge is 0.492 e. The molecule has 0 aliphatic heterocycles. The molecule has 0 bridgehead atoms. The molecule has 0 aliphatic carbocycles. The highest BCUT2D eigenvalue weighted by Crippen LogP contribution is 2.22. The molecule has 0 radical (unpaired) electrons. The van der Waals surface area contributed by atoms with Gasteiger partial charge >= 0.3 is 6.03 Å². The first-order valence-electron chi connectivity index (χ1n) is 7.94. The second-order valence-electron chi connectivity index (χ2n) is 5.57. The highest BCUT2D eigenvalue weighted by molar-refractivity contribution is 6.01. The number of carbonyl (C=O) groups excluding carboxylic acids is 1. The molecule has 4 nitrogen and oxygen atoms in total. The predicted molar refractivity (Wildman–Crippen MR) is 97.6 cm³/mol. The summed E-state index contributed by atoms with van der Waals surface area (Å²) in [5.74, 6) is 0.803. The van der Waals surface area contributed by atoms with Crippen molar-refractivity contribution in [1.29, 1.82) is 0 Å². The van der Waals surface area contributed by atoms with Gasteiger partial charge in [-0.3, -0.25) is 0 Å². The van der Waals surface area contributed by atoms with Gasteiger partial charge in [0.25, 0.3) is 0 Å². The molecule has 0 unspecified atom stereocenters. The molecule has 4 heteroatoms. The average Bonchev–Trinajstić information content (AvgIpc) is 2.61. The molecule has 2 amide bonds. The van der Waals surface area contributed by atoms with Crippen molar-refractivity contribution < 1.29 is 9.53 Å². The highest BCUT2D eigenvalue weighted by Gasteiger charge is 2.04. The standard InChI is InChI=1S/C20H20N2O2/c1-15-9-11-17(12-10-15)24-14-13-21-20(23)22-19-8-4-6-16-5-2-3-7-18(16)19/h2-12H,13-14H2,1H3,(H2,21,22,23). The second kappa shape index (κ2) is 7.51. The number of rotatable bonds is 5. The molecule has 0 fully saturated rings. The zero-order valence-corrected chi connectivity index (χ0v) is 13.6. The Labute approximate surface area is 141 Å². The van der Waals surface area contributed by atoms with E-state index in [1.165, 1.54) is 5.56 Å². The van der Waals surface area contributed by atoms with Crippen LogP contribution in [0.2, 0.25) is 0 Å². The van der Waals surface area contributed by atoms with Gasteiger partial charge in [0.15, 0.2) is 0 Å². The zero-order chi connectivity index (χ0) is 16.8. The maximum atomic E-state index is 12.0. The number of anilines is 1. The van der Waals surface area contributed by atoms with Crippen LogP contribution in [0.1, 0.15) is 5.56 Å². The molecule has 0 spiro atoms. The molecule has 3 aromatic rings. The van der Waals surface area contributed by atoms with E-state index in [2.05, 4.69) is 10.6 Å². The molecule has 0 heterocycles. The molecular weight excluding hydrogens is 300 g/mol. The Kier molecular flexibility index (Phi) is 4.96. The number of carbonyl (C=O) groups is 1. The lowest BCUT2D eigenvalue weighted by atomic mass is 10.1. The van der Waals surface area contributed by atoms with Gasteiger partial charge in [-0.1, -0.05) is 54.1 Å². The van der Waals surface area contributed by atoms with Gasteiger partial charge in [0.1, 0.15) is 12.4 Å². The third-order valence-electron chi connectivity index (χ3n) is 3.72. The van der Waals surface area contributed by atoms with Crippen LogP contribution >= 0.6 is 0 Å². The first-order valence-corrected chi connectivity index (χ1v) is 7.94. The summed E-state index contributed by atoms with van der Waals surface area (Å²) < 4.78 is 5.59. The van der Waals surface area contributed by atoms with Crippen LogP contribution in [0.15, 0.2) is 66.7 Å². The number of ether oxygens (including phenoxy) is 1. The average molecular weight is 320 g/mol. The lowest BCUT2D eigenvalue weighted by Crippen LogP contribution is -2.32. The SMILES string of the molecule is Cc1ccc(OCCNC(=O)Nc2cccc3ccccc23)cc1. The molecule has 24 heavy (non-hydrogen) atoms. The van der Waals surface area contributed by atoms with Gasteiger partial charge in [-0.25, -0.2) is 4.79 Å². The minimum atomic E-state index is -0.237. The fraction of sp³-hybridized carbons (Fsp3) is 0.150. The van der Waals surface area contributed by atoms with Crippen molar-refractivity contribution in [2.24, 2.45) is 0 Å². The topological polar surface area (TPSA) is 50.4 Å². The Hall–Kier alpha value is -3.01. The van der Waals surface area contributed by atoms with Crippen LogP contribution < -0.4 is 15.4 Å². The van der Waals surface area contributed by atoms with Crippen LogP contribution in [0.5, 0.6) is 5.75 Å². The van der Waals surface area contributed by atoms with Crippen molar-refractivity contribution in [1.82, 2.24) is 5.32 Å². The summed E-state index contributed by atoms with van der Waals surface area (Å²) in [6, 6.07) is 21.4. The molecule has 0 saturated heterocycles. The molecule has 0 aliphatic rings. The van der Waals surface area contributed by atoms with Gasteiger partial charge in [-0.15, -0.1) is 0 Å². The Morgan fingerprint density at radius 2 is 1.71 bits per heavy atom. The monoisotopic (exact) mass is 320 g/mol. The van der Waals surface area contributed by atoms with Crippen molar-refractivity contribution in [3.8, 4) is 5.75 Å². The van der Waals surface area contributed by atoms with Crippen molar-refractivity contribution in [3.05, 3.63) is 72.3 Å². The minimum Gasteiger partial charge on any atom is -0.492 e. The van der Waals surface area contributed by atoms with Crippen LogP contribution in [0.25, 0.3) is 10.8 Å².